The molecule has 0 saturated carbocycles. The minimum atomic E-state index is -4.68. The zero-order chi connectivity index (χ0) is 27.1. The van der Waals surface area contributed by atoms with Crippen molar-refractivity contribution in [3.05, 3.63) is 70.5 Å². The number of nitrogens with zero attached hydrogens (tertiary/aromatic N) is 2. The Morgan fingerprint density at radius 1 is 0.846 bits per heavy atom. The van der Waals surface area contributed by atoms with Crippen molar-refractivity contribution < 1.29 is 143 Å². The summed E-state index contributed by atoms with van der Waals surface area (Å²) in [6, 6.07) is 8.77. The molecule has 1 aliphatic heterocycles. The summed E-state index contributed by atoms with van der Waals surface area (Å²) in [6.45, 7) is 0. The molecule has 0 aliphatic carbocycles. The van der Waals surface area contributed by atoms with Gasteiger partial charge in [-0.2, -0.15) is 0 Å². The number of aromatic nitrogens is 2. The van der Waals surface area contributed by atoms with Crippen molar-refractivity contribution in [3.63, 3.8) is 0 Å². The first kappa shape index (κ1) is 34.2. The maximum Gasteiger partial charge on any atom is 1.00 e. The second-order valence-electron chi connectivity index (χ2n) is 7.75. The molecule has 39 heavy (non-hydrogen) atoms. The van der Waals surface area contributed by atoms with Crippen LogP contribution in [-0.2, 0) is 29.8 Å². The molecular weight excluding hydrogens is 611 g/mol. The third-order valence-electron chi connectivity index (χ3n) is 5.39. The quantitative estimate of drug-likeness (QED) is 0.128. The van der Waals surface area contributed by atoms with Gasteiger partial charge in [-0.1, -0.05) is 6.08 Å². The third-order valence-corrected chi connectivity index (χ3v) is 7.09. The van der Waals surface area contributed by atoms with E-state index in [0.717, 1.165) is 34.0 Å². The summed E-state index contributed by atoms with van der Waals surface area (Å²) in [5, 5.41) is 13.7. The fraction of sp³-hybridized carbons (Fsp3) is 0.0952. The van der Waals surface area contributed by atoms with Crippen LogP contribution in [0.1, 0.15) is 12.0 Å². The monoisotopic (exact) mass is 626 g/mol. The van der Waals surface area contributed by atoms with Crippen LogP contribution in [0.25, 0.3) is 11.8 Å². The van der Waals surface area contributed by atoms with E-state index >= 15 is 0 Å². The Labute approximate surface area is 306 Å². The van der Waals surface area contributed by atoms with Gasteiger partial charge in [-0.3, -0.25) is 24.9 Å². The average Bonchev–Trinajstić information content (AvgIpc) is 3.28. The van der Waals surface area contributed by atoms with Gasteiger partial charge in [0.1, 0.15) is 31.7 Å². The van der Waals surface area contributed by atoms with Crippen molar-refractivity contribution in [1.82, 2.24) is 15.2 Å². The Morgan fingerprint density at radius 2 is 1.33 bits per heavy atom. The largest absolute Gasteiger partial charge is 1.00 e. The molecule has 4 rings (SSSR count). The van der Waals surface area contributed by atoms with Gasteiger partial charge in [0.25, 0.3) is 17.4 Å². The van der Waals surface area contributed by atoms with E-state index in [1.807, 2.05) is 0 Å². The molecule has 194 valence electrons. The van der Waals surface area contributed by atoms with Crippen LogP contribution in [0.3, 0.4) is 0 Å². The number of carbonyl (C=O) groups excluding carboxylic acids is 2. The number of H-pyrrole nitrogens is 1. The van der Waals surface area contributed by atoms with Gasteiger partial charge in [-0.05, 0) is 61.0 Å². The van der Waals surface area contributed by atoms with E-state index in [-0.39, 0.29) is 126 Å². The molecule has 1 saturated heterocycles. The summed E-state index contributed by atoms with van der Waals surface area (Å²) < 4.78 is 67.3. The number of aromatic hydroxyl groups is 1. The number of nitrogens with one attached hydrogen (secondary N) is 2. The molecule has 2 heterocycles. The van der Waals surface area contributed by atoms with Crippen molar-refractivity contribution in [2.75, 3.05) is 5.01 Å². The molecule has 0 radical (unpaired) electrons. The van der Waals surface area contributed by atoms with E-state index in [4.69, 9.17) is 0 Å². The van der Waals surface area contributed by atoms with Crippen LogP contribution in [0, 0.1) is 5.92 Å². The molecule has 1 fully saturated rings. The number of aromatic amines is 1. The molecule has 2 aromatic carbocycles. The number of hydrogen-bond donors (Lipinski definition) is 3. The number of anilines is 1. The van der Waals surface area contributed by atoms with Crippen molar-refractivity contribution in [1.29, 1.82) is 0 Å². The number of hydrogen-bond acceptors (Lipinski definition) is 10. The number of hydrazine groups is 1. The summed E-state index contributed by atoms with van der Waals surface area (Å²) in [4.78, 5) is 36.3. The van der Waals surface area contributed by atoms with Crippen molar-refractivity contribution >= 4 is 43.8 Å². The van der Waals surface area contributed by atoms with E-state index < -0.39 is 59.2 Å². The standard InChI is InChI=1S/C21H18N4O10S2.2K/c26-18-16(20(28)24(22-18)12-4-8-14(9-5-12)36(30,31)32)2-1-3-17-19(27)23-25(21(17)29)13-6-10-15(11-7-13)37(33,34)35;;/h1-2,4-11,17,28H,3H2,(H,22,26)(H,23,27)(H,30,31,32)(H,33,34,35);;/q;2*+1/p-2/b2-1+;;. The fourth-order valence-corrected chi connectivity index (χ4v) is 4.47. The number of amides is 2. The number of allylic oxidation sites excluding steroid dienone is 1. The van der Waals surface area contributed by atoms with Gasteiger partial charge in [-0.15, -0.1) is 0 Å². The Bertz CT molecular complexity index is 1700. The summed E-state index contributed by atoms with van der Waals surface area (Å²) >= 11 is 0. The minimum absolute atomic E-state index is 0. The molecule has 2 amide bonds. The van der Waals surface area contributed by atoms with Crippen LogP contribution in [0.5, 0.6) is 5.88 Å². The maximum absolute atomic E-state index is 12.7. The molecule has 0 bridgehead atoms. The molecule has 1 aliphatic rings. The van der Waals surface area contributed by atoms with Gasteiger partial charge in [0.05, 0.1) is 21.2 Å². The molecule has 14 nitrogen and oxygen atoms in total. The Morgan fingerprint density at radius 3 is 1.82 bits per heavy atom. The van der Waals surface area contributed by atoms with Crippen molar-refractivity contribution in [2.24, 2.45) is 5.92 Å². The van der Waals surface area contributed by atoms with Crippen LogP contribution >= 0.6 is 0 Å². The first-order valence-electron chi connectivity index (χ1n) is 10.2. The van der Waals surface area contributed by atoms with Gasteiger partial charge in [0.15, 0.2) is 0 Å². The second-order valence-corrected chi connectivity index (χ2v) is 10.5. The van der Waals surface area contributed by atoms with Gasteiger partial charge in [-0.25, -0.2) is 26.5 Å². The average molecular weight is 627 g/mol. The number of carbonyl (C=O) groups is 2. The Balaban J connectivity index is 0.00000267. The van der Waals surface area contributed by atoms with Gasteiger partial charge in [0.2, 0.25) is 5.88 Å². The molecule has 3 aromatic rings. The van der Waals surface area contributed by atoms with Crippen LogP contribution in [0.2, 0.25) is 0 Å². The summed E-state index contributed by atoms with van der Waals surface area (Å²) in [6.07, 6.45) is 2.35. The predicted molar refractivity (Wildman–Crippen MR) is 123 cm³/mol. The van der Waals surface area contributed by atoms with Crippen LogP contribution in [0.4, 0.5) is 5.69 Å². The molecule has 1 unspecified atom stereocenters. The van der Waals surface area contributed by atoms with Gasteiger partial charge >= 0.3 is 103 Å². The molecule has 18 heteroatoms. The van der Waals surface area contributed by atoms with Crippen LogP contribution < -0.4 is 119 Å². The topological polar surface area (TPSA) is 222 Å². The SMILES string of the molecule is O=C1NN(c2ccc(S(=O)(=O)[O-])cc2)C(=O)C1C/C=C/c1c(O)n(-c2ccc(S(=O)(=O)[O-])cc2)[nH]c1=O.[K+].[K+]. The zero-order valence-corrected chi connectivity index (χ0v) is 28.3. The molecule has 0 spiro atoms. The number of benzene rings is 2. The summed E-state index contributed by atoms with van der Waals surface area (Å²) in [5.41, 5.74) is 1.67. The second kappa shape index (κ2) is 13.3. The van der Waals surface area contributed by atoms with Crippen LogP contribution in [-0.4, -0.2) is 52.6 Å². The Hall–Kier alpha value is -0.977. The molecule has 1 atom stereocenters. The first-order valence-corrected chi connectivity index (χ1v) is 13.1. The van der Waals surface area contributed by atoms with Crippen molar-refractivity contribution in [2.45, 2.75) is 16.2 Å². The van der Waals surface area contributed by atoms with E-state index in [9.17, 15) is 45.4 Å². The third kappa shape index (κ3) is 7.65. The van der Waals surface area contributed by atoms with E-state index in [0.29, 0.717) is 0 Å². The fourth-order valence-electron chi connectivity index (χ4n) is 3.53. The zero-order valence-electron chi connectivity index (χ0n) is 20.4. The number of rotatable bonds is 7. The van der Waals surface area contributed by atoms with E-state index in [2.05, 4.69) is 10.5 Å². The Kier molecular flexibility index (Phi) is 11.7. The first-order chi connectivity index (χ1) is 17.3. The summed E-state index contributed by atoms with van der Waals surface area (Å²) in [7, 11) is -9.36. The van der Waals surface area contributed by atoms with Gasteiger partial charge in [0, 0.05) is 0 Å². The molecule has 1 aromatic heterocycles. The normalized spacial score (nSPS) is 15.6. The predicted octanol–water partition coefficient (Wildman–Crippen LogP) is -6.22. The van der Waals surface area contributed by atoms with Crippen molar-refractivity contribution in [3.8, 4) is 11.6 Å². The molecular formula is C21H16K2N4O10S2. The van der Waals surface area contributed by atoms with E-state index in [1.165, 1.54) is 36.4 Å². The molecule has 3 N–H and O–H groups in total. The van der Waals surface area contributed by atoms with Crippen LogP contribution in [0.15, 0.2) is 69.2 Å². The van der Waals surface area contributed by atoms with E-state index in [1.54, 1.807) is 0 Å². The summed E-state index contributed by atoms with van der Waals surface area (Å²) in [5.74, 6) is -3.07. The smallest absolute Gasteiger partial charge is 0.744 e. The van der Waals surface area contributed by atoms with Gasteiger partial charge < -0.3 is 14.2 Å². The maximum atomic E-state index is 12.7. The minimum Gasteiger partial charge on any atom is -0.744 e.